The van der Waals surface area contributed by atoms with E-state index in [4.69, 9.17) is 10.8 Å². The Morgan fingerprint density at radius 3 is 2.39 bits per heavy atom. The van der Waals surface area contributed by atoms with E-state index in [0.29, 0.717) is 5.82 Å². The van der Waals surface area contributed by atoms with Crippen LogP contribution >= 0.6 is 0 Å². The molecule has 0 aliphatic heterocycles. The molecule has 0 bridgehead atoms. The lowest BCUT2D eigenvalue weighted by Crippen LogP contribution is -2.32. The molecule has 0 saturated heterocycles. The first-order valence-corrected chi connectivity index (χ1v) is 5.25. The minimum atomic E-state index is -1.01. The summed E-state index contributed by atoms with van der Waals surface area (Å²) >= 11 is 0. The van der Waals surface area contributed by atoms with Crippen molar-refractivity contribution in [1.82, 2.24) is 20.4 Å². The van der Waals surface area contributed by atoms with Crippen molar-refractivity contribution in [3.05, 3.63) is 36.2 Å². The minimum Gasteiger partial charge on any atom is -0.480 e. The van der Waals surface area contributed by atoms with Gasteiger partial charge in [-0.25, -0.2) is 0 Å². The molecule has 1 heterocycles. The second kappa shape index (κ2) is 5.28. The van der Waals surface area contributed by atoms with Crippen LogP contribution in [0.4, 0.5) is 0 Å². The fourth-order valence-corrected chi connectivity index (χ4v) is 1.45. The Bertz CT molecular complexity index is 529. The first kappa shape index (κ1) is 12.1. The topological polar surface area (TPSA) is 115 Å². The third-order valence-corrected chi connectivity index (χ3v) is 2.39. The van der Waals surface area contributed by atoms with Crippen molar-refractivity contribution in [2.75, 3.05) is 0 Å². The Morgan fingerprint density at radius 2 is 1.83 bits per heavy atom. The number of hydrogen-bond donors (Lipinski definition) is 2. The van der Waals surface area contributed by atoms with Crippen molar-refractivity contribution in [2.24, 2.45) is 5.73 Å². The summed E-state index contributed by atoms with van der Waals surface area (Å²) in [5.74, 6) is -0.592. The molecule has 7 heteroatoms. The van der Waals surface area contributed by atoms with E-state index >= 15 is 0 Å². The molecule has 0 unspecified atom stereocenters. The van der Waals surface area contributed by atoms with Crippen LogP contribution in [0.2, 0.25) is 0 Å². The molecule has 1 aromatic heterocycles. The molecule has 1 atom stereocenters. The number of hydrogen-bond acceptors (Lipinski definition) is 6. The number of benzene rings is 1. The van der Waals surface area contributed by atoms with Crippen LogP contribution in [0, 0.1) is 0 Å². The fourth-order valence-electron chi connectivity index (χ4n) is 1.45. The number of aromatic nitrogens is 4. The molecule has 18 heavy (non-hydrogen) atoms. The van der Waals surface area contributed by atoms with Crippen LogP contribution in [-0.4, -0.2) is 37.5 Å². The van der Waals surface area contributed by atoms with Gasteiger partial charge in [0.15, 0.2) is 6.33 Å². The number of carboxylic acid groups (broad SMARTS) is 1. The second-order valence-corrected chi connectivity index (χ2v) is 3.72. The number of carbonyl (C=O) groups is 1. The minimum absolute atomic E-state index is 0.280. The van der Waals surface area contributed by atoms with Crippen molar-refractivity contribution in [3.63, 3.8) is 0 Å². The predicted molar refractivity (Wildman–Crippen MR) is 62.4 cm³/mol. The average molecular weight is 245 g/mol. The van der Waals surface area contributed by atoms with Gasteiger partial charge in [0.25, 0.3) is 0 Å². The summed E-state index contributed by atoms with van der Waals surface area (Å²) in [6, 6.07) is 6.24. The molecule has 0 radical (unpaired) electrons. The summed E-state index contributed by atoms with van der Waals surface area (Å²) in [5.41, 5.74) is 7.06. The monoisotopic (exact) mass is 245 g/mol. The molecule has 2 aromatic rings. The summed E-state index contributed by atoms with van der Waals surface area (Å²) in [4.78, 5) is 10.6. The summed E-state index contributed by atoms with van der Waals surface area (Å²) in [6.07, 6.45) is 1.53. The standard InChI is InChI=1S/C11H11N5O2/c12-9(11(17)18)5-7-1-3-8(4-2-7)10-15-13-6-14-16-10/h1-4,6,9H,5,12H2,(H,17,18)/t9-/m0/s1. The highest BCUT2D eigenvalue weighted by Gasteiger charge is 2.12. The van der Waals surface area contributed by atoms with Crippen LogP contribution in [0.5, 0.6) is 0 Å². The molecule has 1 aromatic carbocycles. The normalized spacial score (nSPS) is 12.1. The van der Waals surface area contributed by atoms with Gasteiger partial charge in [-0.15, -0.1) is 20.4 Å². The van der Waals surface area contributed by atoms with Crippen molar-refractivity contribution < 1.29 is 9.90 Å². The maximum atomic E-state index is 10.6. The lowest BCUT2D eigenvalue weighted by molar-refractivity contribution is -0.138. The molecule has 7 nitrogen and oxygen atoms in total. The van der Waals surface area contributed by atoms with Gasteiger partial charge in [-0.05, 0) is 12.0 Å². The third-order valence-electron chi connectivity index (χ3n) is 2.39. The summed E-state index contributed by atoms with van der Waals surface area (Å²) in [7, 11) is 0. The molecular formula is C11H11N5O2. The Labute approximate surface area is 103 Å². The number of nitrogens with two attached hydrogens (primary N) is 1. The van der Waals surface area contributed by atoms with Gasteiger partial charge in [0.2, 0.25) is 5.82 Å². The van der Waals surface area contributed by atoms with Gasteiger partial charge >= 0.3 is 5.97 Å². The van der Waals surface area contributed by atoms with Crippen molar-refractivity contribution in [3.8, 4) is 11.4 Å². The summed E-state index contributed by atoms with van der Waals surface area (Å²) in [5, 5.41) is 23.6. The van der Waals surface area contributed by atoms with E-state index in [1.807, 2.05) is 0 Å². The Balaban J connectivity index is 2.13. The average Bonchev–Trinajstić information content (AvgIpc) is 2.40. The number of carboxylic acids is 1. The van der Waals surface area contributed by atoms with Gasteiger partial charge < -0.3 is 10.8 Å². The zero-order valence-electron chi connectivity index (χ0n) is 9.39. The number of rotatable bonds is 4. The maximum absolute atomic E-state index is 10.6. The van der Waals surface area contributed by atoms with Crippen LogP contribution in [0.3, 0.4) is 0 Å². The third kappa shape index (κ3) is 2.83. The quantitative estimate of drug-likeness (QED) is 0.771. The van der Waals surface area contributed by atoms with E-state index in [1.165, 1.54) is 6.33 Å². The van der Waals surface area contributed by atoms with Crippen molar-refractivity contribution >= 4 is 5.97 Å². The molecule has 0 aliphatic carbocycles. The molecular weight excluding hydrogens is 234 g/mol. The molecule has 0 aliphatic rings. The molecule has 0 fully saturated rings. The van der Waals surface area contributed by atoms with E-state index in [9.17, 15) is 4.79 Å². The smallest absolute Gasteiger partial charge is 0.320 e. The molecule has 0 saturated carbocycles. The molecule has 2 rings (SSSR count). The number of aliphatic carboxylic acids is 1. The highest BCUT2D eigenvalue weighted by molar-refractivity contribution is 5.73. The van der Waals surface area contributed by atoms with Gasteiger partial charge in [-0.1, -0.05) is 24.3 Å². The van der Waals surface area contributed by atoms with Crippen LogP contribution < -0.4 is 5.73 Å². The lowest BCUT2D eigenvalue weighted by atomic mass is 10.0. The highest BCUT2D eigenvalue weighted by atomic mass is 16.4. The van der Waals surface area contributed by atoms with Gasteiger partial charge in [-0.2, -0.15) is 0 Å². The Morgan fingerprint density at radius 1 is 1.22 bits per heavy atom. The zero-order valence-corrected chi connectivity index (χ0v) is 9.39. The van der Waals surface area contributed by atoms with E-state index in [-0.39, 0.29) is 6.42 Å². The molecule has 0 amide bonds. The van der Waals surface area contributed by atoms with Crippen LogP contribution in [0.25, 0.3) is 11.4 Å². The van der Waals surface area contributed by atoms with Gasteiger partial charge in [-0.3, -0.25) is 4.79 Å². The van der Waals surface area contributed by atoms with Gasteiger partial charge in [0.1, 0.15) is 6.04 Å². The van der Waals surface area contributed by atoms with Crippen molar-refractivity contribution in [1.29, 1.82) is 0 Å². The Hall–Kier alpha value is -2.41. The van der Waals surface area contributed by atoms with Crippen LogP contribution in [0.15, 0.2) is 30.6 Å². The SMILES string of the molecule is N[C@@H](Cc1ccc(-c2nncnn2)cc1)C(=O)O. The van der Waals surface area contributed by atoms with Crippen LogP contribution in [0.1, 0.15) is 5.56 Å². The second-order valence-electron chi connectivity index (χ2n) is 3.72. The van der Waals surface area contributed by atoms with E-state index in [1.54, 1.807) is 24.3 Å². The van der Waals surface area contributed by atoms with Crippen LogP contribution in [-0.2, 0) is 11.2 Å². The lowest BCUT2D eigenvalue weighted by Gasteiger charge is -2.06. The number of nitrogens with zero attached hydrogens (tertiary/aromatic N) is 4. The maximum Gasteiger partial charge on any atom is 0.320 e. The summed E-state index contributed by atoms with van der Waals surface area (Å²) < 4.78 is 0. The van der Waals surface area contributed by atoms with Gasteiger partial charge in [0, 0.05) is 5.56 Å². The Kier molecular flexibility index (Phi) is 3.54. The van der Waals surface area contributed by atoms with E-state index in [0.717, 1.165) is 11.1 Å². The first-order valence-electron chi connectivity index (χ1n) is 5.25. The van der Waals surface area contributed by atoms with E-state index < -0.39 is 12.0 Å². The zero-order chi connectivity index (χ0) is 13.0. The van der Waals surface area contributed by atoms with Crippen molar-refractivity contribution in [2.45, 2.75) is 12.5 Å². The first-order chi connectivity index (χ1) is 8.66. The largest absolute Gasteiger partial charge is 0.480 e. The molecule has 3 N–H and O–H groups in total. The predicted octanol–water partition coefficient (Wildman–Crippen LogP) is -0.112. The van der Waals surface area contributed by atoms with E-state index in [2.05, 4.69) is 20.4 Å². The fraction of sp³-hybridized carbons (Fsp3) is 0.182. The molecule has 0 spiro atoms. The summed E-state index contributed by atoms with van der Waals surface area (Å²) in [6.45, 7) is 0. The molecule has 92 valence electrons. The van der Waals surface area contributed by atoms with Gasteiger partial charge in [0.05, 0.1) is 0 Å². The highest BCUT2D eigenvalue weighted by Crippen LogP contribution is 2.14.